The van der Waals surface area contributed by atoms with Gasteiger partial charge in [0, 0.05) is 28.6 Å². The summed E-state index contributed by atoms with van der Waals surface area (Å²) >= 11 is 0. The van der Waals surface area contributed by atoms with Crippen LogP contribution in [0.25, 0.3) is 60.6 Å². The van der Waals surface area contributed by atoms with Crippen molar-refractivity contribution in [1.82, 2.24) is 14.4 Å². The molecule has 0 spiro atoms. The number of para-hydroxylation sites is 2. The van der Waals surface area contributed by atoms with Crippen LogP contribution < -0.4 is 0 Å². The molecule has 7 aromatic rings. The Hall–Kier alpha value is -4.50. The summed E-state index contributed by atoms with van der Waals surface area (Å²) in [5.41, 5.74) is 15.6. The first-order valence-corrected chi connectivity index (χ1v) is 12.2. The number of hydrogen-bond acceptors (Lipinski definition) is 2. The van der Waals surface area contributed by atoms with E-state index in [-0.39, 0.29) is 0 Å². The molecule has 0 saturated carbocycles. The van der Waals surface area contributed by atoms with E-state index < -0.39 is 0 Å². The maximum Gasteiger partial charge on any atom is 0.146 e. The van der Waals surface area contributed by atoms with Crippen LogP contribution in [0.4, 0.5) is 0 Å². The third-order valence-electron chi connectivity index (χ3n) is 8.10. The number of nitrogens with zero attached hydrogens (tertiary/aromatic N) is 3. The van der Waals surface area contributed by atoms with Gasteiger partial charge in [0.2, 0.25) is 0 Å². The third kappa shape index (κ3) is 2.17. The number of benzene rings is 4. The van der Waals surface area contributed by atoms with Crippen LogP contribution in [0.5, 0.6) is 0 Å². The van der Waals surface area contributed by atoms with Gasteiger partial charge in [0.25, 0.3) is 0 Å². The fourth-order valence-electron chi connectivity index (χ4n) is 6.63. The van der Waals surface area contributed by atoms with E-state index in [9.17, 15) is 0 Å². The van der Waals surface area contributed by atoms with Gasteiger partial charge in [-0.25, -0.2) is 4.98 Å². The van der Waals surface area contributed by atoms with Gasteiger partial charge in [-0.3, -0.25) is 9.38 Å². The topological polar surface area (TPSA) is 30.2 Å². The Morgan fingerprint density at radius 1 is 0.629 bits per heavy atom. The van der Waals surface area contributed by atoms with Gasteiger partial charge < -0.3 is 0 Å². The minimum absolute atomic E-state index is 0.950. The average Bonchev–Trinajstić information content (AvgIpc) is 3.58. The first-order valence-electron chi connectivity index (χ1n) is 12.2. The molecule has 0 aliphatic heterocycles. The molecule has 35 heavy (non-hydrogen) atoms. The molecule has 9 rings (SSSR count). The molecule has 0 amide bonds. The zero-order valence-corrected chi connectivity index (χ0v) is 18.9. The molecule has 0 atom stereocenters. The molecule has 3 heterocycles. The van der Waals surface area contributed by atoms with Gasteiger partial charge in [-0.05, 0) is 87.7 Å². The summed E-state index contributed by atoms with van der Waals surface area (Å²) in [6.07, 6.45) is 5.91. The summed E-state index contributed by atoms with van der Waals surface area (Å²) in [5.74, 6) is 0. The molecular formula is C32H19N3. The van der Waals surface area contributed by atoms with Crippen molar-refractivity contribution in [2.24, 2.45) is 0 Å². The van der Waals surface area contributed by atoms with E-state index in [2.05, 4.69) is 88.2 Å². The number of hydrogen-bond donors (Lipinski definition) is 0. The Labute approximate surface area is 201 Å². The smallest absolute Gasteiger partial charge is 0.146 e. The van der Waals surface area contributed by atoms with Crippen LogP contribution in [-0.2, 0) is 12.8 Å². The van der Waals surface area contributed by atoms with Gasteiger partial charge in [0.1, 0.15) is 5.65 Å². The zero-order valence-electron chi connectivity index (χ0n) is 18.9. The Morgan fingerprint density at radius 2 is 1.49 bits per heavy atom. The van der Waals surface area contributed by atoms with E-state index in [0.29, 0.717) is 0 Å². The molecule has 0 N–H and O–H groups in total. The first-order chi connectivity index (χ1) is 17.3. The second kappa shape index (κ2) is 6.13. The number of imidazole rings is 1. The van der Waals surface area contributed by atoms with Gasteiger partial charge in [0.15, 0.2) is 0 Å². The molecule has 3 heteroatoms. The lowest BCUT2D eigenvalue weighted by atomic mass is 9.96. The van der Waals surface area contributed by atoms with Crippen LogP contribution in [0.2, 0.25) is 0 Å². The normalized spacial score (nSPS) is 13.5. The minimum atomic E-state index is 0.950. The molecule has 0 bridgehead atoms. The molecule has 4 aromatic carbocycles. The highest BCUT2D eigenvalue weighted by atomic mass is 15.0. The maximum absolute atomic E-state index is 5.09. The zero-order chi connectivity index (χ0) is 22.7. The molecule has 0 radical (unpaired) electrons. The molecule has 2 aliphatic rings. The van der Waals surface area contributed by atoms with Gasteiger partial charge in [-0.1, -0.05) is 48.5 Å². The van der Waals surface area contributed by atoms with Gasteiger partial charge >= 0.3 is 0 Å². The van der Waals surface area contributed by atoms with Crippen molar-refractivity contribution >= 4 is 38.4 Å². The van der Waals surface area contributed by atoms with Crippen molar-refractivity contribution in [3.8, 4) is 22.3 Å². The van der Waals surface area contributed by atoms with Crippen molar-refractivity contribution < 1.29 is 0 Å². The summed E-state index contributed by atoms with van der Waals surface area (Å²) in [7, 11) is 0. The number of aromatic nitrogens is 3. The lowest BCUT2D eigenvalue weighted by Gasteiger charge is -2.12. The largest absolute Gasteiger partial charge is 0.292 e. The van der Waals surface area contributed by atoms with Crippen LogP contribution in [0.3, 0.4) is 0 Å². The molecule has 3 aromatic heterocycles. The van der Waals surface area contributed by atoms with E-state index in [1.165, 1.54) is 60.7 Å². The quantitative estimate of drug-likeness (QED) is 0.229. The van der Waals surface area contributed by atoms with E-state index in [1.807, 2.05) is 12.4 Å². The van der Waals surface area contributed by atoms with Crippen LogP contribution >= 0.6 is 0 Å². The highest BCUT2D eigenvalue weighted by Gasteiger charge is 2.27. The van der Waals surface area contributed by atoms with E-state index in [1.54, 1.807) is 0 Å². The summed E-state index contributed by atoms with van der Waals surface area (Å²) < 4.78 is 2.30. The second-order valence-electron chi connectivity index (χ2n) is 9.84. The van der Waals surface area contributed by atoms with Crippen molar-refractivity contribution in [3.63, 3.8) is 0 Å². The van der Waals surface area contributed by atoms with Crippen molar-refractivity contribution in [3.05, 3.63) is 114 Å². The van der Waals surface area contributed by atoms with Gasteiger partial charge in [0.05, 0.1) is 16.6 Å². The number of pyridine rings is 2. The highest BCUT2D eigenvalue weighted by molar-refractivity contribution is 6.17. The molecule has 2 aliphatic carbocycles. The highest BCUT2D eigenvalue weighted by Crippen LogP contribution is 2.48. The van der Waals surface area contributed by atoms with Crippen molar-refractivity contribution in [2.45, 2.75) is 12.8 Å². The Bertz CT molecular complexity index is 2060. The monoisotopic (exact) mass is 445 g/mol. The predicted octanol–water partition coefficient (Wildman–Crippen LogP) is 7.33. The Balaban J connectivity index is 1.40. The molecular weight excluding hydrogens is 426 g/mol. The molecule has 0 fully saturated rings. The lowest BCUT2D eigenvalue weighted by molar-refractivity contribution is 1.22. The fourth-order valence-corrected chi connectivity index (χ4v) is 6.63. The van der Waals surface area contributed by atoms with E-state index in [0.717, 1.165) is 35.0 Å². The summed E-state index contributed by atoms with van der Waals surface area (Å²) in [5, 5.41) is 3.69. The number of fused-ring (bicyclic) bond motifs is 15. The van der Waals surface area contributed by atoms with Crippen LogP contribution in [0.15, 0.2) is 91.3 Å². The van der Waals surface area contributed by atoms with Gasteiger partial charge in [-0.2, -0.15) is 0 Å². The van der Waals surface area contributed by atoms with Crippen LogP contribution in [0.1, 0.15) is 22.3 Å². The standard InChI is InChI=1S/C32H19N3/c1-2-6-21-18(5-1)13-19-14-20-15-26-22(25(20)16-24(19)21)9-10-23-31(26)27-17-33-12-11-29(27)35-30-8-4-3-7-28(30)34-32(23)35/h1-12,14,16-17H,13,15H2. The van der Waals surface area contributed by atoms with Crippen molar-refractivity contribution in [2.75, 3.05) is 0 Å². The van der Waals surface area contributed by atoms with E-state index in [4.69, 9.17) is 4.98 Å². The average molecular weight is 446 g/mol. The summed E-state index contributed by atoms with van der Waals surface area (Å²) in [6, 6.07) is 28.9. The minimum Gasteiger partial charge on any atom is -0.292 e. The fraction of sp³-hybridized carbons (Fsp3) is 0.0625. The molecule has 3 nitrogen and oxygen atoms in total. The van der Waals surface area contributed by atoms with Crippen molar-refractivity contribution in [1.29, 1.82) is 0 Å². The first kappa shape index (κ1) is 17.9. The Morgan fingerprint density at radius 3 is 2.49 bits per heavy atom. The summed E-state index contributed by atoms with van der Waals surface area (Å²) in [6.45, 7) is 0. The van der Waals surface area contributed by atoms with Gasteiger partial charge in [-0.15, -0.1) is 0 Å². The predicted molar refractivity (Wildman–Crippen MR) is 142 cm³/mol. The second-order valence-corrected chi connectivity index (χ2v) is 9.84. The third-order valence-corrected chi connectivity index (χ3v) is 8.10. The lowest BCUT2D eigenvalue weighted by Crippen LogP contribution is -1.95. The van der Waals surface area contributed by atoms with Crippen LogP contribution in [-0.4, -0.2) is 14.4 Å². The molecule has 162 valence electrons. The Kier molecular flexibility index (Phi) is 3.14. The molecule has 0 saturated heterocycles. The SMILES string of the molecule is c1ccc2c(c1)Cc1cc3c(cc1-2)-c1ccc2c(c1C3)c1cnccc1n1c3ccccc3nc21. The van der Waals surface area contributed by atoms with Crippen LogP contribution in [0, 0.1) is 0 Å². The molecule has 0 unspecified atom stereocenters. The van der Waals surface area contributed by atoms with E-state index >= 15 is 0 Å². The number of rotatable bonds is 0. The summed E-state index contributed by atoms with van der Waals surface area (Å²) in [4.78, 5) is 9.64. The maximum atomic E-state index is 5.09.